The Kier molecular flexibility index (Phi) is 6.01. The van der Waals surface area contributed by atoms with Gasteiger partial charge in [0.2, 0.25) is 10.0 Å². The van der Waals surface area contributed by atoms with Gasteiger partial charge in [0.25, 0.3) is 6.43 Å². The predicted octanol–water partition coefficient (Wildman–Crippen LogP) is 0.947. The molecule has 1 aromatic rings. The van der Waals surface area contributed by atoms with Crippen molar-refractivity contribution in [2.45, 2.75) is 12.2 Å². The van der Waals surface area contributed by atoms with E-state index in [2.05, 4.69) is 0 Å². The fraction of sp³-hybridized carbons (Fsp3) is 0.417. The van der Waals surface area contributed by atoms with E-state index in [1.807, 2.05) is 6.07 Å². The number of alkyl halides is 2. The minimum absolute atomic E-state index is 0.292. The van der Waals surface area contributed by atoms with E-state index in [0.29, 0.717) is 15.4 Å². The summed E-state index contributed by atoms with van der Waals surface area (Å²) in [5.41, 5.74) is 0.626. The number of nitrogens with zero attached hydrogens (tertiary/aromatic N) is 2. The molecule has 0 amide bonds. The second kappa shape index (κ2) is 7.28. The van der Waals surface area contributed by atoms with Crippen molar-refractivity contribution >= 4 is 10.0 Å². The maximum atomic E-state index is 12.4. The van der Waals surface area contributed by atoms with Gasteiger partial charge < -0.3 is 5.11 Å². The summed E-state index contributed by atoms with van der Waals surface area (Å²) < 4.78 is 49.3. The van der Waals surface area contributed by atoms with Gasteiger partial charge in [-0.05, 0) is 17.7 Å². The predicted molar refractivity (Wildman–Crippen MR) is 68.4 cm³/mol. The van der Waals surface area contributed by atoms with Crippen molar-refractivity contribution in [3.8, 4) is 6.07 Å². The number of rotatable bonds is 7. The maximum Gasteiger partial charge on any atom is 0.252 e. The molecule has 0 aliphatic carbocycles. The molecule has 0 saturated carbocycles. The van der Waals surface area contributed by atoms with Gasteiger partial charge >= 0.3 is 0 Å². The lowest BCUT2D eigenvalue weighted by atomic mass is 10.2. The first-order valence-electron chi connectivity index (χ1n) is 5.75. The van der Waals surface area contributed by atoms with Crippen LogP contribution in [0.4, 0.5) is 8.78 Å². The highest BCUT2D eigenvalue weighted by molar-refractivity contribution is 7.88. The van der Waals surface area contributed by atoms with Crippen molar-refractivity contribution in [3.63, 3.8) is 0 Å². The molecule has 0 aromatic heterocycles. The minimum atomic E-state index is -3.97. The standard InChI is InChI=1S/C12H14F2N2O3S/c13-12(14)8-16(4-5-17)20(18,19)9-11-3-1-2-10(6-11)7-15/h1-3,6,12,17H,4-5,8-9H2. The van der Waals surface area contributed by atoms with Crippen LogP contribution in [0.2, 0.25) is 0 Å². The maximum absolute atomic E-state index is 12.4. The molecule has 1 aromatic carbocycles. The molecule has 0 heterocycles. The van der Waals surface area contributed by atoms with Gasteiger partial charge in [-0.3, -0.25) is 0 Å². The van der Waals surface area contributed by atoms with Crippen LogP contribution in [0.3, 0.4) is 0 Å². The van der Waals surface area contributed by atoms with Crippen LogP contribution < -0.4 is 0 Å². The van der Waals surface area contributed by atoms with Crippen molar-refractivity contribution < 1.29 is 22.3 Å². The lowest BCUT2D eigenvalue weighted by Gasteiger charge is -2.20. The summed E-state index contributed by atoms with van der Waals surface area (Å²) >= 11 is 0. The molecule has 0 aliphatic heterocycles. The zero-order valence-corrected chi connectivity index (χ0v) is 11.4. The number of hydrogen-bond acceptors (Lipinski definition) is 4. The van der Waals surface area contributed by atoms with Crippen LogP contribution in [0.5, 0.6) is 0 Å². The zero-order valence-electron chi connectivity index (χ0n) is 10.5. The van der Waals surface area contributed by atoms with Gasteiger partial charge in [-0.15, -0.1) is 0 Å². The lowest BCUT2D eigenvalue weighted by molar-refractivity contribution is 0.113. The molecule has 8 heteroatoms. The summed E-state index contributed by atoms with van der Waals surface area (Å²) in [6.07, 6.45) is -2.82. The van der Waals surface area contributed by atoms with E-state index >= 15 is 0 Å². The van der Waals surface area contributed by atoms with Crippen molar-refractivity contribution in [1.29, 1.82) is 5.26 Å². The molecule has 0 saturated heterocycles. The first kappa shape index (κ1) is 16.5. The average Bonchev–Trinajstić information content (AvgIpc) is 2.37. The van der Waals surface area contributed by atoms with Crippen LogP contribution in [-0.4, -0.2) is 44.0 Å². The molecular weight excluding hydrogens is 290 g/mol. The second-order valence-electron chi connectivity index (χ2n) is 4.04. The largest absolute Gasteiger partial charge is 0.395 e. The Bertz CT molecular complexity index is 585. The molecule has 0 atom stereocenters. The molecule has 1 N–H and O–H groups in total. The monoisotopic (exact) mass is 304 g/mol. The first-order valence-corrected chi connectivity index (χ1v) is 7.36. The van der Waals surface area contributed by atoms with Crippen LogP contribution in [0.1, 0.15) is 11.1 Å². The number of aliphatic hydroxyl groups excluding tert-OH is 1. The Hall–Kier alpha value is -1.56. The van der Waals surface area contributed by atoms with E-state index in [1.165, 1.54) is 24.3 Å². The fourth-order valence-electron chi connectivity index (χ4n) is 1.64. The minimum Gasteiger partial charge on any atom is -0.395 e. The summed E-state index contributed by atoms with van der Waals surface area (Å²) in [6.45, 7) is -1.88. The van der Waals surface area contributed by atoms with Gasteiger partial charge in [-0.1, -0.05) is 12.1 Å². The SMILES string of the molecule is N#Cc1cccc(CS(=O)(=O)N(CCO)CC(F)F)c1. The van der Waals surface area contributed by atoms with E-state index in [-0.39, 0.29) is 6.54 Å². The van der Waals surface area contributed by atoms with Crippen LogP contribution >= 0.6 is 0 Å². The Morgan fingerprint density at radius 1 is 1.40 bits per heavy atom. The van der Waals surface area contributed by atoms with Crippen molar-refractivity contribution in [2.24, 2.45) is 0 Å². The zero-order chi connectivity index (χ0) is 15.2. The summed E-state index contributed by atoms with van der Waals surface area (Å²) in [7, 11) is -3.97. The Morgan fingerprint density at radius 2 is 2.10 bits per heavy atom. The number of halogens is 2. The van der Waals surface area contributed by atoms with Gasteiger partial charge in [-0.25, -0.2) is 17.2 Å². The van der Waals surface area contributed by atoms with E-state index in [1.54, 1.807) is 0 Å². The average molecular weight is 304 g/mol. The highest BCUT2D eigenvalue weighted by Crippen LogP contribution is 2.13. The number of benzene rings is 1. The smallest absolute Gasteiger partial charge is 0.252 e. The van der Waals surface area contributed by atoms with Gasteiger partial charge in [0.15, 0.2) is 0 Å². The number of nitriles is 1. The molecule has 0 fully saturated rings. The van der Waals surface area contributed by atoms with E-state index < -0.39 is 35.4 Å². The summed E-state index contributed by atoms with van der Waals surface area (Å²) in [4.78, 5) is 0. The molecular formula is C12H14F2N2O3S. The van der Waals surface area contributed by atoms with Crippen LogP contribution in [0, 0.1) is 11.3 Å². The summed E-state index contributed by atoms with van der Waals surface area (Å²) in [5.74, 6) is -0.491. The van der Waals surface area contributed by atoms with E-state index in [9.17, 15) is 17.2 Å². The number of sulfonamides is 1. The topological polar surface area (TPSA) is 81.4 Å². The Balaban J connectivity index is 2.93. The Labute approximate surface area is 116 Å². The fourth-order valence-corrected chi connectivity index (χ4v) is 3.12. The van der Waals surface area contributed by atoms with Gasteiger partial charge in [-0.2, -0.15) is 9.57 Å². The summed E-state index contributed by atoms with van der Waals surface area (Å²) in [5, 5.41) is 17.5. The third-order valence-corrected chi connectivity index (χ3v) is 4.31. The van der Waals surface area contributed by atoms with Crippen LogP contribution in [0.25, 0.3) is 0 Å². The van der Waals surface area contributed by atoms with Crippen molar-refractivity contribution in [2.75, 3.05) is 19.7 Å². The van der Waals surface area contributed by atoms with Crippen molar-refractivity contribution in [1.82, 2.24) is 4.31 Å². The number of hydrogen-bond donors (Lipinski definition) is 1. The molecule has 0 unspecified atom stereocenters. The van der Waals surface area contributed by atoms with Gasteiger partial charge in [0.05, 0.1) is 30.5 Å². The Morgan fingerprint density at radius 3 is 2.65 bits per heavy atom. The van der Waals surface area contributed by atoms with Crippen LogP contribution in [-0.2, 0) is 15.8 Å². The molecule has 0 radical (unpaired) electrons. The molecule has 110 valence electrons. The molecule has 0 aliphatic rings. The third kappa shape index (κ3) is 4.85. The van der Waals surface area contributed by atoms with E-state index in [0.717, 1.165) is 0 Å². The molecule has 0 bridgehead atoms. The van der Waals surface area contributed by atoms with Crippen LogP contribution in [0.15, 0.2) is 24.3 Å². The molecule has 5 nitrogen and oxygen atoms in total. The van der Waals surface area contributed by atoms with Gasteiger partial charge in [0, 0.05) is 6.54 Å². The van der Waals surface area contributed by atoms with Crippen molar-refractivity contribution in [3.05, 3.63) is 35.4 Å². The third-order valence-electron chi connectivity index (χ3n) is 2.49. The quantitative estimate of drug-likeness (QED) is 0.813. The molecule has 0 spiro atoms. The highest BCUT2D eigenvalue weighted by atomic mass is 32.2. The van der Waals surface area contributed by atoms with E-state index in [4.69, 9.17) is 10.4 Å². The lowest BCUT2D eigenvalue weighted by Crippen LogP contribution is -2.38. The summed E-state index contributed by atoms with van der Waals surface area (Å²) in [6, 6.07) is 7.79. The molecule has 1 rings (SSSR count). The molecule has 20 heavy (non-hydrogen) atoms. The second-order valence-corrected chi connectivity index (χ2v) is 6.01. The van der Waals surface area contributed by atoms with Gasteiger partial charge in [0.1, 0.15) is 0 Å². The normalized spacial score (nSPS) is 11.8. The first-order chi connectivity index (χ1) is 9.39. The number of aliphatic hydroxyl groups is 1. The highest BCUT2D eigenvalue weighted by Gasteiger charge is 2.25.